The summed E-state index contributed by atoms with van der Waals surface area (Å²) in [6, 6.07) is 9.23. The van der Waals surface area contributed by atoms with Crippen LogP contribution in [0, 0.1) is 5.41 Å². The molecule has 0 aliphatic carbocycles. The van der Waals surface area contributed by atoms with E-state index in [4.69, 9.17) is 9.72 Å². The van der Waals surface area contributed by atoms with Crippen LogP contribution in [0.25, 0.3) is 11.0 Å². The van der Waals surface area contributed by atoms with E-state index in [0.717, 1.165) is 17.0 Å². The molecule has 1 aromatic carbocycles. The van der Waals surface area contributed by atoms with Crippen molar-refractivity contribution in [3.05, 3.63) is 59.7 Å². The molecule has 0 bridgehead atoms. The maximum atomic E-state index is 11.3. The fraction of sp³-hybridized carbons (Fsp3) is 0.250. The number of imidazole rings is 1. The lowest BCUT2D eigenvalue weighted by Crippen LogP contribution is -2.12. The molecule has 2 N–H and O–H groups in total. The lowest BCUT2D eigenvalue weighted by atomic mass is 9.87. The van der Waals surface area contributed by atoms with Gasteiger partial charge in [0.1, 0.15) is 17.3 Å². The van der Waals surface area contributed by atoms with Crippen molar-refractivity contribution < 1.29 is 9.53 Å². The van der Waals surface area contributed by atoms with Crippen LogP contribution in [-0.2, 0) is 11.8 Å². The van der Waals surface area contributed by atoms with Gasteiger partial charge in [-0.2, -0.15) is 0 Å². The number of nitrogens with zero attached hydrogens (tertiary/aromatic N) is 3. The van der Waals surface area contributed by atoms with Gasteiger partial charge in [0.25, 0.3) is 0 Å². The Balaban J connectivity index is 1.56. The molecular weight excluding hydrogens is 422 g/mol. The van der Waals surface area contributed by atoms with E-state index in [-0.39, 0.29) is 22.0 Å². The average molecular weight is 450 g/mol. The molecule has 7 nitrogen and oxygen atoms in total. The maximum absolute atomic E-state index is 11.3. The first-order valence-corrected chi connectivity index (χ1v) is 11.6. The van der Waals surface area contributed by atoms with Crippen molar-refractivity contribution in [1.29, 1.82) is 0 Å². The monoisotopic (exact) mass is 449 g/mol. The highest BCUT2D eigenvalue weighted by Crippen LogP contribution is 2.33. The molecule has 1 aliphatic rings. The normalized spacial score (nSPS) is 15.8. The molecule has 0 radical (unpaired) electrons. The zero-order valence-corrected chi connectivity index (χ0v) is 19.7. The summed E-state index contributed by atoms with van der Waals surface area (Å²) in [6.45, 7) is 8.09. The van der Waals surface area contributed by atoms with Gasteiger partial charge >= 0.3 is 0 Å². The Morgan fingerprint density at radius 1 is 1.16 bits per heavy atom. The van der Waals surface area contributed by atoms with Crippen LogP contribution >= 0.6 is 10.7 Å². The van der Waals surface area contributed by atoms with E-state index in [1.165, 1.54) is 12.5 Å². The van der Waals surface area contributed by atoms with Gasteiger partial charge in [0.2, 0.25) is 11.9 Å². The van der Waals surface area contributed by atoms with Gasteiger partial charge in [-0.25, -0.2) is 9.97 Å². The van der Waals surface area contributed by atoms with Gasteiger partial charge in [-0.1, -0.05) is 43.6 Å². The summed E-state index contributed by atoms with van der Waals surface area (Å²) in [5.41, 5.74) is 3.24. The van der Waals surface area contributed by atoms with Gasteiger partial charge in [-0.15, -0.1) is 0 Å². The summed E-state index contributed by atoms with van der Waals surface area (Å²) < 4.78 is 11.6. The highest BCUT2D eigenvalue weighted by Gasteiger charge is 2.17. The van der Waals surface area contributed by atoms with Gasteiger partial charge in [0.05, 0.1) is 11.0 Å². The minimum absolute atomic E-state index is 0.100. The van der Waals surface area contributed by atoms with Crippen LogP contribution < -0.4 is 14.8 Å². The molecule has 3 heterocycles. The molecule has 166 valence electrons. The SMILES string of the molecule is CC(=O)Nc1cc(Oc2ccc3c(c2)nc(NS2=CC(C(C)(C)C)=CC=C2)n3C)ccn1. The van der Waals surface area contributed by atoms with Crippen molar-refractivity contribution in [2.24, 2.45) is 12.5 Å². The largest absolute Gasteiger partial charge is 0.457 e. The van der Waals surface area contributed by atoms with Gasteiger partial charge in [-0.05, 0) is 40.0 Å². The number of nitrogens with one attached hydrogen (secondary N) is 2. The summed E-state index contributed by atoms with van der Waals surface area (Å²) in [6.07, 6.45) is 5.87. The van der Waals surface area contributed by atoms with Crippen molar-refractivity contribution >= 4 is 44.7 Å². The second-order valence-corrected chi connectivity index (χ2v) is 10.1. The minimum atomic E-state index is -0.234. The third-order valence-electron chi connectivity index (χ3n) is 4.95. The zero-order chi connectivity index (χ0) is 22.9. The van der Waals surface area contributed by atoms with Crippen molar-refractivity contribution in [1.82, 2.24) is 14.5 Å². The fourth-order valence-electron chi connectivity index (χ4n) is 3.23. The molecular formula is C24H27N5O2S. The molecule has 32 heavy (non-hydrogen) atoms. The van der Waals surface area contributed by atoms with Gasteiger partial charge < -0.3 is 19.3 Å². The van der Waals surface area contributed by atoms with Gasteiger partial charge in [0, 0.05) is 32.3 Å². The Labute approximate surface area is 190 Å². The number of hydrogen-bond donors (Lipinski definition) is 2. The molecule has 0 spiro atoms. The maximum Gasteiger partial charge on any atom is 0.222 e. The van der Waals surface area contributed by atoms with Crippen LogP contribution in [0.15, 0.2) is 59.7 Å². The number of ether oxygens (including phenoxy) is 1. The number of benzene rings is 1. The molecule has 4 rings (SSSR count). The van der Waals surface area contributed by atoms with E-state index in [9.17, 15) is 4.79 Å². The van der Waals surface area contributed by atoms with Gasteiger partial charge in [0.15, 0.2) is 0 Å². The number of fused-ring (bicyclic) bond motifs is 1. The Bertz CT molecular complexity index is 1280. The number of rotatable bonds is 5. The quantitative estimate of drug-likeness (QED) is 0.494. The summed E-state index contributed by atoms with van der Waals surface area (Å²) in [7, 11) is 1.76. The predicted molar refractivity (Wildman–Crippen MR) is 133 cm³/mol. The molecule has 8 heteroatoms. The number of anilines is 2. The van der Waals surface area contributed by atoms with E-state index >= 15 is 0 Å². The van der Waals surface area contributed by atoms with Crippen molar-refractivity contribution in [3.8, 4) is 11.5 Å². The van der Waals surface area contributed by atoms with Crippen molar-refractivity contribution in [3.63, 3.8) is 0 Å². The number of hydrogen-bond acceptors (Lipinski definition) is 5. The van der Waals surface area contributed by atoms with E-state index in [1.807, 2.05) is 29.8 Å². The Hall–Kier alpha value is -3.39. The molecule has 3 aromatic rings. The third kappa shape index (κ3) is 4.91. The second kappa shape index (κ2) is 8.63. The summed E-state index contributed by atoms with van der Waals surface area (Å²) in [5.74, 6) is 2.31. The smallest absolute Gasteiger partial charge is 0.222 e. The number of carbonyl (C=O) groups is 1. The van der Waals surface area contributed by atoms with Crippen LogP contribution in [0.4, 0.5) is 11.8 Å². The zero-order valence-electron chi connectivity index (χ0n) is 18.8. The van der Waals surface area contributed by atoms with E-state index in [2.05, 4.69) is 58.7 Å². The number of pyridine rings is 1. The lowest BCUT2D eigenvalue weighted by Gasteiger charge is -2.23. The van der Waals surface area contributed by atoms with Gasteiger partial charge in [-0.3, -0.25) is 4.79 Å². The van der Waals surface area contributed by atoms with Crippen LogP contribution in [0.5, 0.6) is 11.5 Å². The molecule has 1 unspecified atom stereocenters. The number of aromatic nitrogens is 3. The number of carbonyl (C=O) groups excluding carboxylic acids is 1. The minimum Gasteiger partial charge on any atom is -0.457 e. The number of aryl methyl sites for hydroxylation is 1. The van der Waals surface area contributed by atoms with E-state index < -0.39 is 0 Å². The average Bonchev–Trinajstić information content (AvgIpc) is 3.02. The first-order chi connectivity index (χ1) is 15.2. The standard InChI is InChI=1S/C24H27N5O2S/c1-16(30)26-22-14-19(10-11-25-22)31-18-8-9-21-20(13-18)27-23(29(21)5)28-32-12-6-7-17(15-32)24(2,3)4/h6-15H,1-5H3,(H,27,28)(H,25,26,30). The van der Waals surface area contributed by atoms with E-state index in [1.54, 1.807) is 18.3 Å². The van der Waals surface area contributed by atoms with Crippen LogP contribution in [0.1, 0.15) is 27.7 Å². The highest BCUT2D eigenvalue weighted by atomic mass is 32.2. The summed E-state index contributed by atoms with van der Waals surface area (Å²) in [4.78, 5) is 20.2. The first kappa shape index (κ1) is 21.8. The molecule has 0 fully saturated rings. The molecule has 1 atom stereocenters. The Morgan fingerprint density at radius 3 is 2.69 bits per heavy atom. The fourth-order valence-corrected chi connectivity index (χ4v) is 4.78. The Morgan fingerprint density at radius 2 is 1.94 bits per heavy atom. The summed E-state index contributed by atoms with van der Waals surface area (Å²) >= 11 is 0. The molecule has 1 aliphatic heterocycles. The van der Waals surface area contributed by atoms with Crippen molar-refractivity contribution in [2.45, 2.75) is 27.7 Å². The topological polar surface area (TPSA) is 81.1 Å². The lowest BCUT2D eigenvalue weighted by molar-refractivity contribution is -0.114. The highest BCUT2D eigenvalue weighted by molar-refractivity contribution is 8.18. The van der Waals surface area contributed by atoms with Crippen LogP contribution in [0.3, 0.4) is 0 Å². The first-order valence-electron chi connectivity index (χ1n) is 10.3. The molecule has 1 amide bonds. The molecule has 2 aromatic heterocycles. The molecule has 0 saturated carbocycles. The Kier molecular flexibility index (Phi) is 5.88. The van der Waals surface area contributed by atoms with Crippen LogP contribution in [0.2, 0.25) is 0 Å². The second-order valence-electron chi connectivity index (χ2n) is 8.60. The van der Waals surface area contributed by atoms with Crippen molar-refractivity contribution in [2.75, 3.05) is 10.0 Å². The van der Waals surface area contributed by atoms with Crippen LogP contribution in [-0.4, -0.2) is 25.8 Å². The summed E-state index contributed by atoms with van der Waals surface area (Å²) in [5, 5.41) is 7.08. The number of allylic oxidation sites excluding steroid dienone is 3. The predicted octanol–water partition coefficient (Wildman–Crippen LogP) is 5.62. The third-order valence-corrected chi connectivity index (χ3v) is 6.33. The van der Waals surface area contributed by atoms with E-state index in [0.29, 0.717) is 17.3 Å². The molecule has 0 saturated heterocycles. The number of amides is 1.